The van der Waals surface area contributed by atoms with Gasteiger partial charge in [0.05, 0.1) is 12.6 Å². The zero-order chi connectivity index (χ0) is 18.1. The molecule has 0 bridgehead atoms. The lowest BCUT2D eigenvalue weighted by Gasteiger charge is -2.26. The number of hydrogen-bond donors (Lipinski definition) is 2. The van der Waals surface area contributed by atoms with Gasteiger partial charge in [0.15, 0.2) is 18.0 Å². The minimum Gasteiger partial charge on any atom is -0.486 e. The van der Waals surface area contributed by atoms with E-state index in [1.165, 1.54) is 10.5 Å². The Kier molecular flexibility index (Phi) is 4.49. The molecule has 0 radical (unpaired) electrons. The summed E-state index contributed by atoms with van der Waals surface area (Å²) in [6.07, 6.45) is 4.21. The maximum atomic E-state index is 12.6. The maximum absolute atomic E-state index is 12.6. The Morgan fingerprint density at radius 1 is 1.31 bits per heavy atom. The molecule has 2 heterocycles. The smallest absolute Gasteiger partial charge is 0.276 e. The van der Waals surface area contributed by atoms with E-state index >= 15 is 0 Å². The molecule has 1 aromatic rings. The summed E-state index contributed by atoms with van der Waals surface area (Å²) in [5.74, 6) is 1.88. The van der Waals surface area contributed by atoms with E-state index in [4.69, 9.17) is 9.47 Å². The highest BCUT2D eigenvalue weighted by atomic mass is 16.6. The second-order valence-corrected chi connectivity index (χ2v) is 7.82. The van der Waals surface area contributed by atoms with Gasteiger partial charge in [0, 0.05) is 18.4 Å². The van der Waals surface area contributed by atoms with Gasteiger partial charge >= 0.3 is 0 Å². The Morgan fingerprint density at radius 3 is 2.81 bits per heavy atom. The third-order valence-corrected chi connectivity index (χ3v) is 5.86. The number of amides is 1. The van der Waals surface area contributed by atoms with Gasteiger partial charge in [-0.1, -0.05) is 0 Å². The summed E-state index contributed by atoms with van der Waals surface area (Å²) in [5, 5.41) is 12.4. The minimum absolute atomic E-state index is 0.0274. The van der Waals surface area contributed by atoms with Crippen LogP contribution in [-0.2, 0) is 4.79 Å². The fraction of sp³-hybridized carbons (Fsp3) is 0.600. The predicted molar refractivity (Wildman–Crippen MR) is 95.0 cm³/mol. The van der Waals surface area contributed by atoms with Crippen LogP contribution in [0.25, 0.3) is 0 Å². The number of carbonyl (C=O) groups is 1. The highest BCUT2D eigenvalue weighted by Gasteiger charge is 2.44. The molecule has 1 unspecified atom stereocenters. The first kappa shape index (κ1) is 17.2. The van der Waals surface area contributed by atoms with Crippen LogP contribution < -0.4 is 19.7 Å². The molecule has 0 aromatic heterocycles. The molecule has 4 rings (SSSR count). The van der Waals surface area contributed by atoms with Crippen LogP contribution in [-0.4, -0.2) is 37.7 Å². The van der Waals surface area contributed by atoms with Crippen molar-refractivity contribution in [1.29, 1.82) is 5.26 Å². The second kappa shape index (κ2) is 6.81. The quantitative estimate of drug-likeness (QED) is 0.825. The zero-order valence-corrected chi connectivity index (χ0v) is 15.2. The molecule has 1 aliphatic carbocycles. The van der Waals surface area contributed by atoms with Gasteiger partial charge in [-0.25, -0.2) is 0 Å². The lowest BCUT2D eigenvalue weighted by molar-refractivity contribution is -0.910. The average molecular weight is 356 g/mol. The molecule has 2 fully saturated rings. The van der Waals surface area contributed by atoms with Crippen LogP contribution in [0.5, 0.6) is 11.5 Å². The van der Waals surface area contributed by atoms with Crippen LogP contribution in [0.1, 0.15) is 44.2 Å². The third-order valence-electron chi connectivity index (χ3n) is 5.86. The topological polar surface area (TPSA) is 75.8 Å². The van der Waals surface area contributed by atoms with E-state index in [9.17, 15) is 10.1 Å². The monoisotopic (exact) mass is 356 g/mol. The first-order valence-electron chi connectivity index (χ1n) is 9.55. The van der Waals surface area contributed by atoms with Crippen molar-refractivity contribution >= 4 is 5.91 Å². The second-order valence-electron chi connectivity index (χ2n) is 7.82. The van der Waals surface area contributed by atoms with Gasteiger partial charge in [-0.05, 0) is 43.9 Å². The van der Waals surface area contributed by atoms with Gasteiger partial charge in [-0.2, -0.15) is 5.26 Å². The molecule has 3 atom stereocenters. The Hall–Kier alpha value is -2.26. The molecular formula is C20H26N3O3+. The molecule has 1 amide bonds. The standard InChI is InChI=1S/C20H25N3O3/c1-20(13-21,15-5-6-15)22-19(24)12-23-8-2-3-16(23)14-4-7-17-18(11-14)26-10-9-25-17/h4,7,11,15-16H,2-3,5-6,8-10,12H2,1H3,(H,22,24)/p+1/t16-,20+/m1/s1. The van der Waals surface area contributed by atoms with Crippen LogP contribution in [0.4, 0.5) is 0 Å². The number of hydrogen-bond acceptors (Lipinski definition) is 4. The molecule has 1 saturated carbocycles. The predicted octanol–water partition coefficient (Wildman–Crippen LogP) is 0.986. The van der Waals surface area contributed by atoms with Crippen molar-refractivity contribution in [2.75, 3.05) is 26.3 Å². The van der Waals surface area contributed by atoms with Gasteiger partial charge in [-0.15, -0.1) is 0 Å². The molecule has 3 aliphatic rings. The molecule has 138 valence electrons. The molecular weight excluding hydrogens is 330 g/mol. The molecule has 6 heteroatoms. The fourth-order valence-electron chi connectivity index (χ4n) is 4.22. The average Bonchev–Trinajstić information content (AvgIpc) is 3.42. The van der Waals surface area contributed by atoms with E-state index in [1.54, 1.807) is 0 Å². The fourth-order valence-corrected chi connectivity index (χ4v) is 4.22. The number of nitriles is 1. The van der Waals surface area contributed by atoms with Crippen LogP contribution in [0.3, 0.4) is 0 Å². The number of carbonyl (C=O) groups excluding carboxylic acids is 1. The molecule has 1 aromatic carbocycles. The van der Waals surface area contributed by atoms with Crippen molar-refractivity contribution in [3.63, 3.8) is 0 Å². The Labute approximate surface area is 154 Å². The van der Waals surface area contributed by atoms with E-state index in [0.29, 0.717) is 25.7 Å². The SMILES string of the molecule is C[C@@](C#N)(NC(=O)C[NH+]1CCC[C@@H]1c1ccc2c(c1)OCCO2)C1CC1. The summed E-state index contributed by atoms with van der Waals surface area (Å²) < 4.78 is 11.3. The van der Waals surface area contributed by atoms with Gasteiger partial charge in [0.2, 0.25) is 0 Å². The summed E-state index contributed by atoms with van der Waals surface area (Å²) >= 11 is 0. The van der Waals surface area contributed by atoms with E-state index in [1.807, 2.05) is 13.0 Å². The first-order chi connectivity index (χ1) is 12.6. The minimum atomic E-state index is -0.720. The number of quaternary nitrogens is 1. The van der Waals surface area contributed by atoms with E-state index < -0.39 is 5.54 Å². The Morgan fingerprint density at radius 2 is 2.08 bits per heavy atom. The number of rotatable bonds is 5. The number of ether oxygens (including phenoxy) is 2. The van der Waals surface area contributed by atoms with E-state index in [-0.39, 0.29) is 11.9 Å². The van der Waals surface area contributed by atoms with Crippen molar-refractivity contribution in [2.24, 2.45) is 5.92 Å². The zero-order valence-electron chi connectivity index (χ0n) is 15.2. The van der Waals surface area contributed by atoms with Crippen LogP contribution in [0.15, 0.2) is 18.2 Å². The lowest BCUT2D eigenvalue weighted by atomic mass is 9.98. The number of nitrogens with zero attached hydrogens (tertiary/aromatic N) is 1. The normalized spacial score (nSPS) is 26.6. The van der Waals surface area contributed by atoms with Crippen LogP contribution in [0.2, 0.25) is 0 Å². The summed E-state index contributed by atoms with van der Waals surface area (Å²) in [5.41, 5.74) is 0.475. The highest BCUT2D eigenvalue weighted by molar-refractivity contribution is 5.78. The van der Waals surface area contributed by atoms with Crippen LogP contribution >= 0.6 is 0 Å². The van der Waals surface area contributed by atoms with Gasteiger partial charge < -0.3 is 19.7 Å². The van der Waals surface area contributed by atoms with Crippen LogP contribution in [0, 0.1) is 17.2 Å². The van der Waals surface area contributed by atoms with Crippen molar-refractivity contribution < 1.29 is 19.2 Å². The summed E-state index contributed by atoms with van der Waals surface area (Å²) in [6.45, 7) is 4.39. The molecule has 2 N–H and O–H groups in total. The van der Waals surface area contributed by atoms with Crippen molar-refractivity contribution in [3.8, 4) is 17.6 Å². The number of likely N-dealkylation sites (tertiary alicyclic amines) is 1. The maximum Gasteiger partial charge on any atom is 0.276 e. The van der Waals surface area contributed by atoms with E-state index in [2.05, 4.69) is 23.5 Å². The Bertz CT molecular complexity index is 740. The van der Waals surface area contributed by atoms with Gasteiger partial charge in [0.25, 0.3) is 5.91 Å². The summed E-state index contributed by atoms with van der Waals surface area (Å²) in [7, 11) is 0. The Balaban J connectivity index is 1.43. The number of fused-ring (bicyclic) bond motifs is 1. The third kappa shape index (κ3) is 3.36. The van der Waals surface area contributed by atoms with Crippen molar-refractivity contribution in [2.45, 2.75) is 44.2 Å². The molecule has 6 nitrogen and oxygen atoms in total. The largest absolute Gasteiger partial charge is 0.486 e. The van der Waals surface area contributed by atoms with Crippen molar-refractivity contribution in [3.05, 3.63) is 23.8 Å². The van der Waals surface area contributed by atoms with Gasteiger partial charge in [-0.3, -0.25) is 4.79 Å². The summed E-state index contributed by atoms with van der Waals surface area (Å²) in [6, 6.07) is 8.71. The molecule has 26 heavy (non-hydrogen) atoms. The van der Waals surface area contributed by atoms with Crippen molar-refractivity contribution in [1.82, 2.24) is 5.32 Å². The molecule has 1 saturated heterocycles. The first-order valence-corrected chi connectivity index (χ1v) is 9.55. The van der Waals surface area contributed by atoms with E-state index in [0.717, 1.165) is 43.7 Å². The summed E-state index contributed by atoms with van der Waals surface area (Å²) in [4.78, 5) is 13.8. The lowest BCUT2D eigenvalue weighted by Crippen LogP contribution is -3.11. The molecule has 0 spiro atoms. The number of benzene rings is 1. The number of nitrogens with one attached hydrogen (secondary N) is 2. The van der Waals surface area contributed by atoms with Gasteiger partial charge in [0.1, 0.15) is 24.8 Å². The highest BCUT2D eigenvalue weighted by Crippen LogP contribution is 2.39. The molecule has 2 aliphatic heterocycles.